The summed E-state index contributed by atoms with van der Waals surface area (Å²) in [6.45, 7) is 27.8. The molecule has 0 aromatic rings. The minimum Gasteiger partial charge on any atom is -0.386 e. The van der Waals surface area contributed by atoms with Gasteiger partial charge in [0.25, 0.3) is 0 Å². The van der Waals surface area contributed by atoms with E-state index < -0.39 is 24.2 Å². The highest BCUT2D eigenvalue weighted by Gasteiger charge is 2.20. The lowest BCUT2D eigenvalue weighted by molar-refractivity contribution is -0.124. The number of nitrogens with two attached hydrogens (primary N) is 17. The number of rotatable bonds is 31. The van der Waals surface area contributed by atoms with Crippen molar-refractivity contribution in [2.75, 3.05) is 39.3 Å². The topological polar surface area (TPSA) is 619 Å². The van der Waals surface area contributed by atoms with Crippen LogP contribution in [0.15, 0.2) is 37.4 Å². The van der Waals surface area contributed by atoms with Gasteiger partial charge in [-0.2, -0.15) is 0 Å². The van der Waals surface area contributed by atoms with Crippen LogP contribution in [0.3, 0.4) is 0 Å². The zero-order valence-electron chi connectivity index (χ0n) is 49.1. The highest BCUT2D eigenvalue weighted by Crippen LogP contribution is 2.06. The Kier molecular flexibility index (Phi) is 51.8. The van der Waals surface area contributed by atoms with E-state index in [-0.39, 0.29) is 125 Å². The number of hydrogen-bond acceptors (Lipinski definition) is 19. The van der Waals surface area contributed by atoms with Crippen LogP contribution in [0.1, 0.15) is 122 Å². The molecule has 0 rings (SSSR count). The first-order valence-electron chi connectivity index (χ1n) is 25.9. The Morgan fingerprint density at radius 2 is 0.551 bits per heavy atom. The number of nitrogens with one attached hydrogen (secondary N) is 1. The fourth-order valence-electron chi connectivity index (χ4n) is 5.48. The number of hydrogen-bond donors (Lipinski definition) is 18. The van der Waals surface area contributed by atoms with Gasteiger partial charge in [0.15, 0.2) is 64.5 Å². The molecule has 0 radical (unpaired) electrons. The summed E-state index contributed by atoms with van der Waals surface area (Å²) in [6, 6.07) is -2.82. The molecule has 0 bridgehead atoms. The molecule has 0 aliphatic rings. The van der Waals surface area contributed by atoms with E-state index in [1.54, 1.807) is 27.7 Å². The van der Waals surface area contributed by atoms with Crippen molar-refractivity contribution in [1.29, 1.82) is 0 Å². The molecular weight excluding hydrogens is 1010 g/mol. The normalized spacial score (nSPS) is 12.6. The van der Waals surface area contributed by atoms with E-state index in [4.69, 9.17) is 97.5 Å². The third-order valence-corrected chi connectivity index (χ3v) is 10.0. The first-order valence-corrected chi connectivity index (χ1v) is 25.9. The molecule has 0 aromatic carbocycles. The number of Topliss-reactive ketones (excluding diaryl/α,β-unsaturated/α-hetero) is 6. The molecule has 0 heterocycles. The molecule has 35 N–H and O–H groups in total. The van der Waals surface area contributed by atoms with Crippen molar-refractivity contribution in [2.45, 2.75) is 158 Å². The molecule has 6 atom stereocenters. The Bertz CT molecular complexity index is 1760. The number of guanidine groups is 5. The highest BCUT2D eigenvalue weighted by atomic mass is 16.1. The van der Waals surface area contributed by atoms with Gasteiger partial charge in [0, 0.05) is 61.7 Å². The molecule has 456 valence electrons. The van der Waals surface area contributed by atoms with Crippen LogP contribution in [0, 0.1) is 35.5 Å². The lowest BCUT2D eigenvalue weighted by Crippen LogP contribution is -2.37. The molecule has 0 amide bonds. The van der Waals surface area contributed by atoms with Crippen molar-refractivity contribution < 1.29 is 28.8 Å². The van der Waals surface area contributed by atoms with Crippen LogP contribution in [-0.2, 0) is 28.8 Å². The first-order chi connectivity index (χ1) is 35.7. The summed E-state index contributed by atoms with van der Waals surface area (Å²) in [7, 11) is 0. The minimum absolute atomic E-state index is 0.00641. The van der Waals surface area contributed by atoms with Gasteiger partial charge < -0.3 is 103 Å². The fraction of sp³-hybridized carbons (Fsp3) is 0.735. The fourth-order valence-corrected chi connectivity index (χ4v) is 5.48. The maximum atomic E-state index is 11.4. The van der Waals surface area contributed by atoms with Gasteiger partial charge in [-0.1, -0.05) is 89.7 Å². The summed E-state index contributed by atoms with van der Waals surface area (Å²) >= 11 is 0. The number of ketones is 6. The van der Waals surface area contributed by atoms with Crippen LogP contribution in [0.2, 0.25) is 0 Å². The van der Waals surface area contributed by atoms with Gasteiger partial charge >= 0.3 is 0 Å². The molecule has 0 saturated heterocycles. The smallest absolute Gasteiger partial charge is 0.185 e. The number of carbonyl (C=O) groups excluding carboxylic acids is 6. The summed E-state index contributed by atoms with van der Waals surface area (Å²) in [6.07, 6.45) is 3.88. The molecule has 29 heteroatoms. The van der Waals surface area contributed by atoms with Gasteiger partial charge in [0.2, 0.25) is 0 Å². The number of carbonyl (C=O) groups is 6. The van der Waals surface area contributed by atoms with Gasteiger partial charge in [-0.15, -0.1) is 0 Å². The first kappa shape index (κ1) is 82.8. The maximum absolute atomic E-state index is 11.4. The Labute approximate surface area is 464 Å². The van der Waals surface area contributed by atoms with E-state index in [0.717, 1.165) is 12.8 Å². The van der Waals surface area contributed by atoms with Crippen molar-refractivity contribution in [3.63, 3.8) is 0 Å². The average molecular weight is 1120 g/mol. The highest BCUT2D eigenvalue weighted by molar-refractivity contribution is 5.88. The molecule has 0 aromatic heterocycles. The second-order valence-corrected chi connectivity index (χ2v) is 19.7. The van der Waals surface area contributed by atoms with E-state index in [9.17, 15) is 28.8 Å². The van der Waals surface area contributed by atoms with Crippen molar-refractivity contribution in [1.82, 2.24) is 5.32 Å². The van der Waals surface area contributed by atoms with Gasteiger partial charge in [-0.05, 0) is 38.5 Å². The third kappa shape index (κ3) is 54.3. The van der Waals surface area contributed by atoms with E-state index in [1.807, 2.05) is 55.4 Å². The lowest BCUT2D eigenvalue weighted by atomic mass is 9.99. The SMILES string of the molecule is C=C(N)NCCC[C@@H](N)C(=O)C(C)C.CC(C)C(=O)[C@@H](N)CCCN=C(N)N.CC(C)C(=O)[C@@H](N)CCN=C(N)N.CC(C)C(=O)[C@@H](N)CN=C(N)N.CC(C)C(=O)[C@H](N)CCN=C(N)N.CC(C)C(=O)[C@H](N)CN=C(N)N. The third-order valence-electron chi connectivity index (χ3n) is 10.0. The number of nitrogens with zero attached hydrogens (tertiary/aromatic N) is 5. The molecular formula is C49H109N23O6. The van der Waals surface area contributed by atoms with E-state index >= 15 is 0 Å². The van der Waals surface area contributed by atoms with Crippen LogP contribution in [0.4, 0.5) is 0 Å². The van der Waals surface area contributed by atoms with Gasteiger partial charge in [-0.3, -0.25) is 53.7 Å². The predicted molar refractivity (Wildman–Crippen MR) is 319 cm³/mol. The Morgan fingerprint density at radius 3 is 0.782 bits per heavy atom. The summed E-state index contributed by atoms with van der Waals surface area (Å²) < 4.78 is 0. The number of aliphatic imine (C=N–C) groups is 5. The molecule has 0 fully saturated rings. The molecule has 0 unspecified atom stereocenters. The molecule has 0 aliphatic heterocycles. The van der Waals surface area contributed by atoms with E-state index in [1.165, 1.54) is 0 Å². The summed E-state index contributed by atoms with van der Waals surface area (Å²) in [5, 5.41) is 2.89. The average Bonchev–Trinajstić information content (AvgIpc) is 3.33. The summed E-state index contributed by atoms with van der Waals surface area (Å²) in [5.41, 5.74) is 90.0. The standard InChI is InChI=1S/C10H21N3O.C9H20N4O.2C8H18N4O.2C7H16N4O/c1-7(2)10(14)9(12)5-4-6-13-8(3)11;1-6(2)8(14)7(10)4-3-5-13-9(11)12;2*1-5(2)7(13)6(9)3-4-12-8(10)11;2*1-4(2)6(12)5(8)3-11-7(9)10/h7,9,13H,3-6,11-12H2,1-2H3;6-7H,3-5,10H2,1-2H3,(H4,11,12,13);2*5-6H,3-4,9H2,1-2H3,(H4,10,11,12);2*4-5H,3,8H2,1-2H3,(H4,9,10,11)/t9-;7-;2*6-;2*5-/m101010/s1. The van der Waals surface area contributed by atoms with Gasteiger partial charge in [-0.25, -0.2) is 0 Å². The monoisotopic (exact) mass is 1120 g/mol. The second kappa shape index (κ2) is 48.8. The summed E-state index contributed by atoms with van der Waals surface area (Å²) in [4.78, 5) is 86.3. The van der Waals surface area contributed by atoms with Crippen molar-refractivity contribution in [3.05, 3.63) is 12.4 Å². The van der Waals surface area contributed by atoms with Crippen molar-refractivity contribution in [3.8, 4) is 0 Å². The quantitative estimate of drug-likeness (QED) is 0.0178. The Hall–Kier alpha value is -6.53. The van der Waals surface area contributed by atoms with Crippen LogP contribution >= 0.6 is 0 Å². The zero-order chi connectivity index (χ0) is 62.6. The molecule has 0 spiro atoms. The van der Waals surface area contributed by atoms with E-state index in [2.05, 4.69) is 36.9 Å². The van der Waals surface area contributed by atoms with Crippen molar-refractivity contribution in [2.24, 2.45) is 158 Å². The molecule has 0 aliphatic carbocycles. The van der Waals surface area contributed by atoms with Crippen LogP contribution < -0.4 is 103 Å². The molecule has 78 heavy (non-hydrogen) atoms. The molecule has 0 saturated carbocycles. The summed E-state index contributed by atoms with van der Waals surface area (Å²) in [5.74, 6) is 0.560. The molecule has 29 nitrogen and oxygen atoms in total. The maximum Gasteiger partial charge on any atom is 0.185 e. The zero-order valence-corrected chi connectivity index (χ0v) is 49.1. The van der Waals surface area contributed by atoms with Gasteiger partial charge in [0.05, 0.1) is 55.2 Å². The van der Waals surface area contributed by atoms with E-state index in [0.29, 0.717) is 57.7 Å². The van der Waals surface area contributed by atoms with Crippen LogP contribution in [0.5, 0.6) is 0 Å². The Morgan fingerprint density at radius 1 is 0.333 bits per heavy atom. The minimum atomic E-state index is -0.591. The van der Waals surface area contributed by atoms with Gasteiger partial charge in [0.1, 0.15) is 0 Å². The second-order valence-electron chi connectivity index (χ2n) is 19.7. The largest absolute Gasteiger partial charge is 0.386 e. The Balaban J connectivity index is -0.000000200. The van der Waals surface area contributed by atoms with Crippen LogP contribution in [0.25, 0.3) is 0 Å². The predicted octanol–water partition coefficient (Wildman–Crippen LogP) is -4.04. The van der Waals surface area contributed by atoms with Crippen molar-refractivity contribution >= 4 is 64.5 Å². The van der Waals surface area contributed by atoms with Crippen LogP contribution in [-0.4, -0.2) is 140 Å². The lowest BCUT2D eigenvalue weighted by Gasteiger charge is -2.13.